The number of aryl methyl sites for hydroxylation is 2. The van der Waals surface area contributed by atoms with Gasteiger partial charge in [0.25, 0.3) is 5.91 Å². The summed E-state index contributed by atoms with van der Waals surface area (Å²) in [6.07, 6.45) is 1.18. The largest absolute Gasteiger partial charge is 0.345 e. The molecule has 0 aliphatic carbocycles. The number of nitrogens with one attached hydrogen (secondary N) is 1. The lowest BCUT2D eigenvalue weighted by molar-refractivity contribution is 0.101. The van der Waals surface area contributed by atoms with Crippen LogP contribution in [0.25, 0.3) is 0 Å². The van der Waals surface area contributed by atoms with E-state index in [-0.39, 0.29) is 21.8 Å². The lowest BCUT2D eigenvalue weighted by atomic mass is 10.2. The van der Waals surface area contributed by atoms with Crippen molar-refractivity contribution in [2.75, 3.05) is 5.32 Å². The number of rotatable bonds is 3. The molecule has 1 amide bonds. The normalized spacial score (nSPS) is 11.5. The predicted molar refractivity (Wildman–Crippen MR) is 75.8 cm³/mol. The molecule has 1 aromatic heterocycles. The van der Waals surface area contributed by atoms with Crippen LogP contribution in [0.4, 0.5) is 14.5 Å². The molecule has 6 nitrogen and oxygen atoms in total. The zero-order valence-electron chi connectivity index (χ0n) is 11.7. The van der Waals surface area contributed by atoms with Crippen molar-refractivity contribution < 1.29 is 22.0 Å². The van der Waals surface area contributed by atoms with Crippen LogP contribution in [-0.2, 0) is 17.1 Å². The summed E-state index contributed by atoms with van der Waals surface area (Å²) in [4.78, 5) is 11.9. The number of hydrogen-bond acceptors (Lipinski definition) is 3. The number of nitrogens with two attached hydrogens (primary N) is 1. The molecule has 0 atom stereocenters. The molecule has 0 aliphatic heterocycles. The van der Waals surface area contributed by atoms with E-state index in [0.29, 0.717) is 0 Å². The first-order chi connectivity index (χ1) is 10.1. The Labute approximate surface area is 125 Å². The molecule has 9 heteroatoms. The summed E-state index contributed by atoms with van der Waals surface area (Å²) in [6.45, 7) is 1.36. The second-order valence-corrected chi connectivity index (χ2v) is 6.32. The number of primary sulfonamides is 1. The highest BCUT2D eigenvalue weighted by molar-refractivity contribution is 7.89. The molecular weight excluding hydrogens is 316 g/mol. The topological polar surface area (TPSA) is 94.2 Å². The van der Waals surface area contributed by atoms with E-state index in [2.05, 4.69) is 5.32 Å². The average molecular weight is 329 g/mol. The molecule has 1 aromatic carbocycles. The van der Waals surface area contributed by atoms with Crippen molar-refractivity contribution >= 4 is 21.6 Å². The molecule has 0 spiro atoms. The highest BCUT2D eigenvalue weighted by Crippen LogP contribution is 2.19. The molecule has 0 unspecified atom stereocenters. The molecule has 1 heterocycles. The van der Waals surface area contributed by atoms with E-state index in [1.165, 1.54) is 30.8 Å². The van der Waals surface area contributed by atoms with E-state index >= 15 is 0 Å². The van der Waals surface area contributed by atoms with Gasteiger partial charge in [-0.3, -0.25) is 4.79 Å². The van der Waals surface area contributed by atoms with E-state index in [0.717, 1.165) is 12.1 Å². The van der Waals surface area contributed by atoms with E-state index in [4.69, 9.17) is 5.14 Å². The monoisotopic (exact) mass is 329 g/mol. The number of aromatic nitrogens is 1. The van der Waals surface area contributed by atoms with E-state index in [1.54, 1.807) is 0 Å². The summed E-state index contributed by atoms with van der Waals surface area (Å²) in [5, 5.41) is 7.35. The van der Waals surface area contributed by atoms with Crippen LogP contribution in [-0.4, -0.2) is 18.9 Å². The second-order valence-electron chi connectivity index (χ2n) is 4.76. The molecular formula is C13H13F2N3O3S. The van der Waals surface area contributed by atoms with Crippen LogP contribution >= 0.6 is 0 Å². The maximum atomic E-state index is 13.3. The maximum absolute atomic E-state index is 13.3. The number of halogens is 2. The Morgan fingerprint density at radius 1 is 1.27 bits per heavy atom. The molecule has 0 aliphatic rings. The molecule has 2 rings (SSSR count). The molecule has 118 valence electrons. The molecule has 0 radical (unpaired) electrons. The van der Waals surface area contributed by atoms with Crippen LogP contribution in [0, 0.1) is 18.6 Å². The van der Waals surface area contributed by atoms with Crippen molar-refractivity contribution in [2.45, 2.75) is 11.8 Å². The molecule has 22 heavy (non-hydrogen) atoms. The number of benzene rings is 1. The van der Waals surface area contributed by atoms with Crippen molar-refractivity contribution in [1.82, 2.24) is 4.57 Å². The molecule has 0 saturated heterocycles. The van der Waals surface area contributed by atoms with Crippen LogP contribution < -0.4 is 10.5 Å². The van der Waals surface area contributed by atoms with Gasteiger partial charge in [0.15, 0.2) is 11.6 Å². The van der Waals surface area contributed by atoms with Gasteiger partial charge in [0, 0.05) is 25.0 Å². The minimum atomic E-state index is -3.94. The van der Waals surface area contributed by atoms with E-state index < -0.39 is 27.6 Å². The third kappa shape index (κ3) is 3.15. The van der Waals surface area contributed by atoms with E-state index in [1.807, 2.05) is 0 Å². The first kappa shape index (κ1) is 16.1. The quantitative estimate of drug-likeness (QED) is 0.894. The van der Waals surface area contributed by atoms with Gasteiger partial charge in [-0.2, -0.15) is 0 Å². The minimum Gasteiger partial charge on any atom is -0.345 e. The zero-order valence-corrected chi connectivity index (χ0v) is 12.5. The number of sulfonamides is 1. The Balaban J connectivity index is 2.32. The lowest BCUT2D eigenvalue weighted by Crippen LogP contribution is -2.15. The van der Waals surface area contributed by atoms with Crippen molar-refractivity contribution in [1.29, 1.82) is 0 Å². The van der Waals surface area contributed by atoms with Gasteiger partial charge in [-0.1, -0.05) is 0 Å². The van der Waals surface area contributed by atoms with Crippen molar-refractivity contribution in [2.24, 2.45) is 12.2 Å². The molecule has 0 fully saturated rings. The Kier molecular flexibility index (Phi) is 4.03. The van der Waals surface area contributed by atoms with Crippen LogP contribution in [0.2, 0.25) is 0 Å². The number of carbonyl (C=O) groups is 1. The standard InChI is InChI=1S/C13H13F2N3O3S/c1-7-3-8(4-10(14)12(7)15)17-13(19)11-5-9(6-18(11)2)22(16,20)21/h3-6H,1-2H3,(H,17,19)(H2,16,20,21). The van der Waals surface area contributed by atoms with Gasteiger partial charge < -0.3 is 9.88 Å². The number of amides is 1. The predicted octanol–water partition coefficient (Wildman–Crippen LogP) is 1.51. The summed E-state index contributed by atoms with van der Waals surface area (Å²) in [6, 6.07) is 3.20. The fourth-order valence-electron chi connectivity index (χ4n) is 1.91. The van der Waals surface area contributed by atoms with Gasteiger partial charge in [-0.05, 0) is 24.6 Å². The second kappa shape index (κ2) is 5.50. The number of nitrogens with zero attached hydrogens (tertiary/aromatic N) is 1. The van der Waals surface area contributed by atoms with Crippen LogP contribution in [0.5, 0.6) is 0 Å². The van der Waals surface area contributed by atoms with Gasteiger partial charge in [0.1, 0.15) is 10.6 Å². The Morgan fingerprint density at radius 3 is 2.41 bits per heavy atom. The fourth-order valence-corrected chi connectivity index (χ4v) is 2.49. The number of anilines is 1. The van der Waals surface area contributed by atoms with Crippen LogP contribution in [0.3, 0.4) is 0 Å². The number of hydrogen-bond donors (Lipinski definition) is 2. The lowest BCUT2D eigenvalue weighted by Gasteiger charge is -2.08. The summed E-state index contributed by atoms with van der Waals surface area (Å²) >= 11 is 0. The summed E-state index contributed by atoms with van der Waals surface area (Å²) in [7, 11) is -2.48. The molecule has 0 saturated carbocycles. The summed E-state index contributed by atoms with van der Waals surface area (Å²) in [5.41, 5.74) is 0.0959. The first-order valence-corrected chi connectivity index (χ1v) is 7.60. The Morgan fingerprint density at radius 2 is 1.91 bits per heavy atom. The first-order valence-electron chi connectivity index (χ1n) is 6.05. The van der Waals surface area contributed by atoms with Crippen LogP contribution in [0.15, 0.2) is 29.3 Å². The summed E-state index contributed by atoms with van der Waals surface area (Å²) < 4.78 is 50.3. The van der Waals surface area contributed by atoms with Gasteiger partial charge >= 0.3 is 0 Å². The molecule has 3 N–H and O–H groups in total. The van der Waals surface area contributed by atoms with E-state index in [9.17, 15) is 22.0 Å². The fraction of sp³-hybridized carbons (Fsp3) is 0.154. The highest BCUT2D eigenvalue weighted by atomic mass is 32.2. The zero-order chi connectivity index (χ0) is 16.7. The smallest absolute Gasteiger partial charge is 0.272 e. The molecule has 0 bridgehead atoms. The van der Waals surface area contributed by atoms with Gasteiger partial charge in [-0.15, -0.1) is 0 Å². The summed E-state index contributed by atoms with van der Waals surface area (Å²) in [5.74, 6) is -2.76. The van der Waals surface area contributed by atoms with Crippen LogP contribution in [0.1, 0.15) is 16.1 Å². The van der Waals surface area contributed by atoms with Crippen molar-refractivity contribution in [3.63, 3.8) is 0 Å². The molecule has 2 aromatic rings. The Hall–Kier alpha value is -2.26. The highest BCUT2D eigenvalue weighted by Gasteiger charge is 2.18. The number of carbonyl (C=O) groups excluding carboxylic acids is 1. The minimum absolute atomic E-state index is 0.00594. The SMILES string of the molecule is Cc1cc(NC(=O)c2cc(S(N)(=O)=O)cn2C)cc(F)c1F. The van der Waals surface area contributed by atoms with Crippen molar-refractivity contribution in [3.05, 3.63) is 47.3 Å². The average Bonchev–Trinajstić information content (AvgIpc) is 2.78. The third-order valence-electron chi connectivity index (χ3n) is 3.01. The third-order valence-corrected chi connectivity index (χ3v) is 3.89. The Bertz CT molecular complexity index is 836. The maximum Gasteiger partial charge on any atom is 0.272 e. The van der Waals surface area contributed by atoms with Crippen molar-refractivity contribution in [3.8, 4) is 0 Å². The van der Waals surface area contributed by atoms with Gasteiger partial charge in [0.2, 0.25) is 10.0 Å². The van der Waals surface area contributed by atoms with Gasteiger partial charge in [-0.25, -0.2) is 22.3 Å². The van der Waals surface area contributed by atoms with Gasteiger partial charge in [0.05, 0.1) is 0 Å².